The van der Waals surface area contributed by atoms with E-state index in [1.165, 1.54) is 0 Å². The second-order valence-electron chi connectivity index (χ2n) is 6.69. The van der Waals surface area contributed by atoms with Crippen LogP contribution < -0.4 is 0 Å². The van der Waals surface area contributed by atoms with Gasteiger partial charge in [0.1, 0.15) is 0 Å². The van der Waals surface area contributed by atoms with Crippen molar-refractivity contribution in [2.75, 3.05) is 19.8 Å². The molecule has 0 spiro atoms. The lowest BCUT2D eigenvalue weighted by atomic mass is 9.80. The average Bonchev–Trinajstić information content (AvgIpc) is 2.78. The molecule has 0 bridgehead atoms. The number of carbonyl (C=O) groups is 1. The number of aliphatic hydroxyl groups is 2. The van der Waals surface area contributed by atoms with Crippen LogP contribution in [0.15, 0.2) is 30.3 Å². The SMILES string of the molecule is C[C@@H]1CC(CO)(CO)C[C@@]1(C)COC(=O)c1ccccc1. The fraction of sp³-hybridized carbons (Fsp3) is 0.588. The van der Waals surface area contributed by atoms with E-state index in [4.69, 9.17) is 4.74 Å². The van der Waals surface area contributed by atoms with E-state index in [1.54, 1.807) is 24.3 Å². The Hall–Kier alpha value is -1.39. The Morgan fingerprint density at radius 2 is 1.90 bits per heavy atom. The number of rotatable bonds is 5. The highest BCUT2D eigenvalue weighted by Crippen LogP contribution is 2.52. The molecule has 0 saturated heterocycles. The Balaban J connectivity index is 2.01. The lowest BCUT2D eigenvalue weighted by molar-refractivity contribution is 0.0149. The molecule has 1 saturated carbocycles. The lowest BCUT2D eigenvalue weighted by Gasteiger charge is -2.30. The molecule has 21 heavy (non-hydrogen) atoms. The maximum atomic E-state index is 12.0. The number of hydrogen-bond donors (Lipinski definition) is 2. The van der Waals surface area contributed by atoms with E-state index in [9.17, 15) is 15.0 Å². The molecule has 0 radical (unpaired) electrons. The first kappa shape index (κ1) is 16.0. The van der Waals surface area contributed by atoms with Gasteiger partial charge in [-0.1, -0.05) is 32.0 Å². The van der Waals surface area contributed by atoms with Crippen LogP contribution in [-0.4, -0.2) is 36.0 Å². The highest BCUT2D eigenvalue weighted by atomic mass is 16.5. The number of benzene rings is 1. The van der Waals surface area contributed by atoms with Gasteiger partial charge in [-0.2, -0.15) is 0 Å². The molecular formula is C17H24O4. The summed E-state index contributed by atoms with van der Waals surface area (Å²) in [5.74, 6) is -0.0464. The summed E-state index contributed by atoms with van der Waals surface area (Å²) in [7, 11) is 0. The van der Waals surface area contributed by atoms with Crippen LogP contribution in [-0.2, 0) is 4.74 Å². The molecule has 1 aliphatic carbocycles. The van der Waals surface area contributed by atoms with Crippen molar-refractivity contribution in [3.63, 3.8) is 0 Å². The Kier molecular flexibility index (Phi) is 4.69. The van der Waals surface area contributed by atoms with Crippen molar-refractivity contribution in [2.24, 2.45) is 16.7 Å². The first-order valence-electron chi connectivity index (χ1n) is 7.39. The van der Waals surface area contributed by atoms with Gasteiger partial charge in [0, 0.05) is 10.8 Å². The van der Waals surface area contributed by atoms with Crippen molar-refractivity contribution < 1.29 is 19.7 Å². The monoisotopic (exact) mass is 292 g/mol. The van der Waals surface area contributed by atoms with Gasteiger partial charge in [-0.3, -0.25) is 0 Å². The fourth-order valence-electron chi connectivity index (χ4n) is 3.37. The van der Waals surface area contributed by atoms with Gasteiger partial charge >= 0.3 is 5.97 Å². The highest BCUT2D eigenvalue weighted by Gasteiger charge is 2.50. The molecular weight excluding hydrogens is 268 g/mol. The van der Waals surface area contributed by atoms with Gasteiger partial charge in [0.25, 0.3) is 0 Å². The normalized spacial score (nSPS) is 27.5. The summed E-state index contributed by atoms with van der Waals surface area (Å²) < 4.78 is 5.47. The summed E-state index contributed by atoms with van der Waals surface area (Å²) in [5.41, 5.74) is -0.120. The van der Waals surface area contributed by atoms with E-state index in [-0.39, 0.29) is 30.5 Å². The Bertz CT molecular complexity index is 481. The largest absolute Gasteiger partial charge is 0.462 e. The van der Waals surface area contributed by atoms with Crippen LogP contribution >= 0.6 is 0 Å². The topological polar surface area (TPSA) is 66.8 Å². The van der Waals surface area contributed by atoms with Crippen LogP contribution in [0.1, 0.15) is 37.0 Å². The van der Waals surface area contributed by atoms with Gasteiger partial charge in [-0.25, -0.2) is 4.79 Å². The summed E-state index contributed by atoms with van der Waals surface area (Å²) in [6, 6.07) is 8.93. The van der Waals surface area contributed by atoms with E-state index in [0.29, 0.717) is 18.6 Å². The summed E-state index contributed by atoms with van der Waals surface area (Å²) in [6.07, 6.45) is 1.41. The zero-order chi connectivity index (χ0) is 15.5. The smallest absolute Gasteiger partial charge is 0.338 e. The Morgan fingerprint density at radius 3 is 2.43 bits per heavy atom. The molecule has 0 amide bonds. The zero-order valence-corrected chi connectivity index (χ0v) is 12.7. The Morgan fingerprint density at radius 1 is 1.29 bits per heavy atom. The molecule has 1 fully saturated rings. The highest BCUT2D eigenvalue weighted by molar-refractivity contribution is 5.89. The number of hydrogen-bond acceptors (Lipinski definition) is 4. The molecule has 1 aliphatic rings. The molecule has 0 heterocycles. The van der Waals surface area contributed by atoms with Crippen molar-refractivity contribution >= 4 is 5.97 Å². The van der Waals surface area contributed by atoms with Gasteiger partial charge in [0.05, 0.1) is 25.4 Å². The molecule has 1 aromatic carbocycles. The third kappa shape index (κ3) is 3.27. The van der Waals surface area contributed by atoms with E-state index in [1.807, 2.05) is 6.07 Å². The van der Waals surface area contributed by atoms with Crippen LogP contribution in [0.25, 0.3) is 0 Å². The standard InChI is InChI=1S/C17H24O4/c1-13-8-17(10-18,11-19)9-16(13,2)12-21-15(20)14-6-4-3-5-7-14/h3-7,13,18-19H,8-12H2,1-2H3/t13-,16+/m1/s1. The van der Waals surface area contributed by atoms with Crippen molar-refractivity contribution in [1.82, 2.24) is 0 Å². The first-order valence-corrected chi connectivity index (χ1v) is 7.39. The van der Waals surface area contributed by atoms with Crippen LogP contribution in [0, 0.1) is 16.7 Å². The quantitative estimate of drug-likeness (QED) is 0.817. The summed E-state index contributed by atoms with van der Waals surface area (Å²) in [5, 5.41) is 19.1. The van der Waals surface area contributed by atoms with Crippen molar-refractivity contribution in [3.05, 3.63) is 35.9 Å². The molecule has 0 aliphatic heterocycles. The van der Waals surface area contributed by atoms with Crippen LogP contribution in [0.5, 0.6) is 0 Å². The summed E-state index contributed by atoms with van der Waals surface area (Å²) >= 11 is 0. The summed E-state index contributed by atoms with van der Waals surface area (Å²) in [6.45, 7) is 4.39. The average molecular weight is 292 g/mol. The molecule has 2 rings (SSSR count). The molecule has 116 valence electrons. The number of aliphatic hydroxyl groups excluding tert-OH is 2. The second kappa shape index (κ2) is 6.16. The van der Waals surface area contributed by atoms with Crippen LogP contribution in [0.4, 0.5) is 0 Å². The predicted octanol–water partition coefficient (Wildman–Crippen LogP) is 2.25. The first-order chi connectivity index (χ1) is 9.95. The van der Waals surface area contributed by atoms with E-state index in [0.717, 1.165) is 6.42 Å². The van der Waals surface area contributed by atoms with E-state index < -0.39 is 5.41 Å². The van der Waals surface area contributed by atoms with E-state index in [2.05, 4.69) is 13.8 Å². The van der Waals surface area contributed by atoms with E-state index >= 15 is 0 Å². The maximum Gasteiger partial charge on any atom is 0.338 e. The maximum absolute atomic E-state index is 12.0. The van der Waals surface area contributed by atoms with Crippen LogP contribution in [0.2, 0.25) is 0 Å². The van der Waals surface area contributed by atoms with Gasteiger partial charge in [0.2, 0.25) is 0 Å². The molecule has 4 heteroatoms. The molecule has 4 nitrogen and oxygen atoms in total. The van der Waals surface area contributed by atoms with Gasteiger partial charge < -0.3 is 14.9 Å². The number of esters is 1. The van der Waals surface area contributed by atoms with Gasteiger partial charge in [-0.15, -0.1) is 0 Å². The minimum absolute atomic E-state index is 0.0317. The molecule has 0 aromatic heterocycles. The number of carbonyl (C=O) groups excluding carboxylic acids is 1. The van der Waals surface area contributed by atoms with Crippen LogP contribution in [0.3, 0.4) is 0 Å². The zero-order valence-electron chi connectivity index (χ0n) is 12.7. The third-order valence-electron chi connectivity index (χ3n) is 4.92. The third-order valence-corrected chi connectivity index (χ3v) is 4.92. The fourth-order valence-corrected chi connectivity index (χ4v) is 3.37. The van der Waals surface area contributed by atoms with Crippen molar-refractivity contribution in [1.29, 1.82) is 0 Å². The molecule has 2 N–H and O–H groups in total. The molecule has 1 aromatic rings. The minimum Gasteiger partial charge on any atom is -0.462 e. The second-order valence-corrected chi connectivity index (χ2v) is 6.69. The summed E-state index contributed by atoms with van der Waals surface area (Å²) in [4.78, 5) is 12.0. The van der Waals surface area contributed by atoms with Crippen molar-refractivity contribution in [2.45, 2.75) is 26.7 Å². The predicted molar refractivity (Wildman–Crippen MR) is 79.8 cm³/mol. The lowest BCUT2D eigenvalue weighted by Crippen LogP contribution is -2.31. The minimum atomic E-state index is -0.451. The van der Waals surface area contributed by atoms with Gasteiger partial charge in [-0.05, 0) is 30.9 Å². The number of ether oxygens (including phenoxy) is 1. The molecule has 2 atom stereocenters. The van der Waals surface area contributed by atoms with Crippen molar-refractivity contribution in [3.8, 4) is 0 Å². The Labute approximate surface area is 125 Å². The molecule has 0 unspecified atom stereocenters. The van der Waals surface area contributed by atoms with Gasteiger partial charge in [0.15, 0.2) is 0 Å².